The first kappa shape index (κ1) is 22.9. The highest BCUT2D eigenvalue weighted by Crippen LogP contribution is 2.27. The summed E-state index contributed by atoms with van der Waals surface area (Å²) in [5, 5.41) is 16.7. The monoisotopic (exact) mass is 467 g/mol. The van der Waals surface area contributed by atoms with Gasteiger partial charge in [-0.2, -0.15) is 0 Å². The molecular weight excluding hydrogens is 442 g/mol. The fraction of sp³-hybridized carbons (Fsp3) is 0.333. The van der Waals surface area contributed by atoms with Crippen LogP contribution in [-0.2, 0) is 16.8 Å². The van der Waals surface area contributed by atoms with Crippen LogP contribution in [0, 0.1) is 5.92 Å². The van der Waals surface area contributed by atoms with Crippen LogP contribution in [0.2, 0.25) is 5.02 Å². The lowest BCUT2D eigenvalue weighted by Crippen LogP contribution is -2.49. The number of para-hydroxylation sites is 1. The van der Waals surface area contributed by atoms with E-state index < -0.39 is 11.9 Å². The van der Waals surface area contributed by atoms with Gasteiger partial charge in [-0.05, 0) is 29.8 Å². The summed E-state index contributed by atoms with van der Waals surface area (Å²) in [6.07, 6.45) is 0. The number of halogens is 1. The quantitative estimate of drug-likeness (QED) is 0.568. The molecule has 1 aliphatic rings. The number of hydrogen-bond acceptors (Lipinski definition) is 5. The van der Waals surface area contributed by atoms with Gasteiger partial charge < -0.3 is 10.4 Å². The largest absolute Gasteiger partial charge is 0.481 e. The minimum Gasteiger partial charge on any atom is -0.481 e. The van der Waals surface area contributed by atoms with E-state index in [0.717, 1.165) is 11.3 Å². The van der Waals surface area contributed by atoms with Crippen molar-refractivity contribution >= 4 is 29.2 Å². The Morgan fingerprint density at radius 2 is 1.85 bits per heavy atom. The molecule has 0 unspecified atom stereocenters. The lowest BCUT2D eigenvalue weighted by Gasteiger charge is -2.36. The number of carboxylic acids is 1. The van der Waals surface area contributed by atoms with Gasteiger partial charge in [0.1, 0.15) is 5.82 Å². The van der Waals surface area contributed by atoms with Crippen molar-refractivity contribution in [2.75, 3.05) is 18.4 Å². The van der Waals surface area contributed by atoms with Crippen molar-refractivity contribution in [3.63, 3.8) is 0 Å². The topological polar surface area (TPSA) is 100 Å². The smallest absolute Gasteiger partial charge is 0.309 e. The molecule has 0 radical (unpaired) electrons. The molecule has 0 aliphatic carbocycles. The van der Waals surface area contributed by atoms with Gasteiger partial charge in [-0.25, -0.2) is 9.67 Å². The first-order chi connectivity index (χ1) is 15.6. The van der Waals surface area contributed by atoms with E-state index in [1.165, 1.54) is 0 Å². The lowest BCUT2D eigenvalue weighted by molar-refractivity contribution is -0.147. The van der Waals surface area contributed by atoms with Gasteiger partial charge in [0, 0.05) is 25.0 Å². The minimum atomic E-state index is -0.764. The third-order valence-electron chi connectivity index (χ3n) is 5.48. The number of nitrogens with zero attached hydrogens (tertiary/aromatic N) is 4. The van der Waals surface area contributed by atoms with E-state index in [9.17, 15) is 9.59 Å². The highest BCUT2D eigenvalue weighted by Gasteiger charge is 2.32. The molecular formula is C24H26ClN5O3. The molecule has 4 rings (SSSR count). The molecule has 1 aliphatic heterocycles. The molecule has 2 N–H and O–H groups in total. The molecule has 9 heteroatoms. The number of nitrogens with one attached hydrogen (secondary N) is 1. The van der Waals surface area contributed by atoms with Crippen LogP contribution in [0.25, 0.3) is 5.69 Å². The number of likely N-dealkylation sites (tertiary alicyclic amines) is 1. The van der Waals surface area contributed by atoms with Gasteiger partial charge in [0.2, 0.25) is 5.82 Å². The number of carboxylic acid groups (broad SMARTS) is 1. The van der Waals surface area contributed by atoms with Gasteiger partial charge in [0.15, 0.2) is 0 Å². The number of amides is 1. The van der Waals surface area contributed by atoms with Crippen molar-refractivity contribution in [1.29, 1.82) is 0 Å². The molecule has 3 aromatic rings. The van der Waals surface area contributed by atoms with E-state index in [2.05, 4.69) is 15.4 Å². The number of benzene rings is 2. The maximum atomic E-state index is 12.9. The number of rotatable bonds is 6. The zero-order valence-corrected chi connectivity index (χ0v) is 19.5. The average Bonchev–Trinajstić information content (AvgIpc) is 3.19. The van der Waals surface area contributed by atoms with E-state index in [4.69, 9.17) is 16.7 Å². The molecule has 0 bridgehead atoms. The molecule has 2 aromatic carbocycles. The van der Waals surface area contributed by atoms with Crippen LogP contribution >= 0.6 is 11.6 Å². The van der Waals surface area contributed by atoms with E-state index in [-0.39, 0.29) is 17.2 Å². The van der Waals surface area contributed by atoms with Crippen LogP contribution in [0.1, 0.15) is 42.8 Å². The fourth-order valence-corrected chi connectivity index (χ4v) is 3.94. The standard InChI is InChI=1S/C24H26ClN5O3/c1-24(2,3)23-27-20(28-30(23)17-7-5-4-6-8-17)21(31)26-19-10-9-15(11-18(19)25)12-29-13-16(14-29)22(32)33/h4-11,16H,12-14H2,1-3H3,(H,26,31)(H,32,33). The maximum absolute atomic E-state index is 12.9. The summed E-state index contributed by atoms with van der Waals surface area (Å²) in [6, 6.07) is 15.0. The number of hydrogen-bond donors (Lipinski definition) is 2. The van der Waals surface area contributed by atoms with Gasteiger partial charge in [0.25, 0.3) is 5.91 Å². The zero-order valence-electron chi connectivity index (χ0n) is 18.7. The zero-order chi connectivity index (χ0) is 23.8. The molecule has 1 aromatic heterocycles. The molecule has 0 saturated carbocycles. The Hall–Kier alpha value is -3.23. The molecule has 0 spiro atoms. The number of carbonyl (C=O) groups excluding carboxylic acids is 1. The Balaban J connectivity index is 1.49. The number of anilines is 1. The van der Waals surface area contributed by atoms with Crippen molar-refractivity contribution in [3.8, 4) is 5.69 Å². The summed E-state index contributed by atoms with van der Waals surface area (Å²) in [7, 11) is 0. The summed E-state index contributed by atoms with van der Waals surface area (Å²) in [5.74, 6) is -0.781. The predicted molar refractivity (Wildman–Crippen MR) is 126 cm³/mol. The Bertz CT molecular complexity index is 1180. The number of aromatic nitrogens is 3. The third kappa shape index (κ3) is 5.07. The van der Waals surface area contributed by atoms with Crippen molar-refractivity contribution in [3.05, 3.63) is 70.8 Å². The number of aliphatic carboxylic acids is 1. The summed E-state index contributed by atoms with van der Waals surface area (Å²) < 4.78 is 1.69. The Labute approximate surface area is 197 Å². The second-order valence-electron chi connectivity index (χ2n) is 9.25. The second-order valence-corrected chi connectivity index (χ2v) is 9.66. The molecule has 0 atom stereocenters. The van der Waals surface area contributed by atoms with Crippen molar-refractivity contribution in [1.82, 2.24) is 19.7 Å². The van der Waals surface area contributed by atoms with Gasteiger partial charge >= 0.3 is 5.97 Å². The molecule has 2 heterocycles. The highest BCUT2D eigenvalue weighted by molar-refractivity contribution is 6.34. The summed E-state index contributed by atoms with van der Waals surface area (Å²) in [4.78, 5) is 30.5. The Morgan fingerprint density at radius 3 is 2.45 bits per heavy atom. The maximum Gasteiger partial charge on any atom is 0.309 e. The first-order valence-corrected chi connectivity index (χ1v) is 11.1. The Kier molecular flexibility index (Phi) is 6.23. The summed E-state index contributed by atoms with van der Waals surface area (Å²) in [5.41, 5.74) is 1.92. The summed E-state index contributed by atoms with van der Waals surface area (Å²) >= 11 is 6.42. The third-order valence-corrected chi connectivity index (χ3v) is 5.79. The Morgan fingerprint density at radius 1 is 1.15 bits per heavy atom. The van der Waals surface area contributed by atoms with Gasteiger partial charge in [-0.1, -0.05) is 56.6 Å². The first-order valence-electron chi connectivity index (χ1n) is 10.7. The van der Waals surface area contributed by atoms with Crippen molar-refractivity contribution in [2.24, 2.45) is 5.92 Å². The fourth-order valence-electron chi connectivity index (χ4n) is 3.69. The van der Waals surface area contributed by atoms with Crippen LogP contribution < -0.4 is 5.32 Å². The average molecular weight is 468 g/mol. The van der Waals surface area contributed by atoms with E-state index in [1.54, 1.807) is 16.8 Å². The minimum absolute atomic E-state index is 0.0595. The lowest BCUT2D eigenvalue weighted by atomic mass is 9.95. The second kappa shape index (κ2) is 8.96. The van der Waals surface area contributed by atoms with Crippen LogP contribution in [0.5, 0.6) is 0 Å². The molecule has 1 fully saturated rings. The van der Waals surface area contributed by atoms with Crippen LogP contribution in [0.4, 0.5) is 5.69 Å². The molecule has 172 valence electrons. The van der Waals surface area contributed by atoms with Gasteiger partial charge in [0.05, 0.1) is 22.3 Å². The van der Waals surface area contributed by atoms with Crippen LogP contribution in [0.3, 0.4) is 0 Å². The van der Waals surface area contributed by atoms with Gasteiger partial charge in [-0.15, -0.1) is 5.10 Å². The van der Waals surface area contributed by atoms with Crippen LogP contribution in [-0.4, -0.2) is 49.7 Å². The highest BCUT2D eigenvalue weighted by atomic mass is 35.5. The number of carbonyl (C=O) groups is 2. The van der Waals surface area contributed by atoms with Gasteiger partial charge in [-0.3, -0.25) is 14.5 Å². The predicted octanol–water partition coefficient (Wildman–Crippen LogP) is 3.99. The van der Waals surface area contributed by atoms with E-state index >= 15 is 0 Å². The molecule has 8 nitrogen and oxygen atoms in total. The van der Waals surface area contributed by atoms with Crippen molar-refractivity contribution < 1.29 is 14.7 Å². The normalized spacial score (nSPS) is 14.7. The van der Waals surface area contributed by atoms with E-state index in [1.807, 2.05) is 62.1 Å². The van der Waals surface area contributed by atoms with Crippen molar-refractivity contribution in [2.45, 2.75) is 32.7 Å². The summed E-state index contributed by atoms with van der Waals surface area (Å²) in [6.45, 7) is 7.71. The molecule has 1 saturated heterocycles. The SMILES string of the molecule is CC(C)(C)c1nc(C(=O)Nc2ccc(CN3CC(C(=O)O)C3)cc2Cl)nn1-c1ccccc1. The van der Waals surface area contributed by atoms with Crippen LogP contribution in [0.15, 0.2) is 48.5 Å². The molecule has 1 amide bonds. The molecule has 33 heavy (non-hydrogen) atoms. The van der Waals surface area contributed by atoms with E-state index in [0.29, 0.717) is 36.2 Å².